The van der Waals surface area contributed by atoms with Crippen LogP contribution in [-0.2, 0) is 10.0 Å². The molecule has 1 aromatic rings. The zero-order chi connectivity index (χ0) is 11.6. The Labute approximate surface area is 87.8 Å². The SMILES string of the molecule is Cc1cc(S(=O)(=O)N=C(N)N)ccc1N. The summed E-state index contributed by atoms with van der Waals surface area (Å²) in [5.74, 6) is -0.496. The van der Waals surface area contributed by atoms with Gasteiger partial charge >= 0.3 is 0 Å². The van der Waals surface area contributed by atoms with Crippen molar-refractivity contribution >= 4 is 21.7 Å². The van der Waals surface area contributed by atoms with E-state index in [2.05, 4.69) is 4.40 Å². The molecule has 0 saturated carbocycles. The Morgan fingerprint density at radius 3 is 2.40 bits per heavy atom. The maximum absolute atomic E-state index is 11.5. The molecule has 1 aromatic carbocycles. The number of aryl methyl sites for hydroxylation is 1. The van der Waals surface area contributed by atoms with Crippen molar-refractivity contribution in [2.75, 3.05) is 5.73 Å². The molecule has 0 saturated heterocycles. The molecule has 6 N–H and O–H groups in total. The van der Waals surface area contributed by atoms with Crippen LogP contribution in [0.15, 0.2) is 27.5 Å². The zero-order valence-corrected chi connectivity index (χ0v) is 8.95. The van der Waals surface area contributed by atoms with Crippen LogP contribution < -0.4 is 17.2 Å². The summed E-state index contributed by atoms with van der Waals surface area (Å²) in [5, 5.41) is 0. The van der Waals surface area contributed by atoms with E-state index in [1.165, 1.54) is 18.2 Å². The van der Waals surface area contributed by atoms with Crippen LogP contribution in [0.5, 0.6) is 0 Å². The minimum atomic E-state index is -3.82. The topological polar surface area (TPSA) is 125 Å². The van der Waals surface area contributed by atoms with Gasteiger partial charge in [0.05, 0.1) is 4.90 Å². The maximum atomic E-state index is 11.5. The van der Waals surface area contributed by atoms with Crippen LogP contribution in [-0.4, -0.2) is 14.4 Å². The lowest BCUT2D eigenvalue weighted by molar-refractivity contribution is 0.598. The van der Waals surface area contributed by atoms with Crippen LogP contribution in [0, 0.1) is 6.92 Å². The number of rotatable bonds is 2. The number of hydrogen-bond donors (Lipinski definition) is 3. The molecule has 0 fully saturated rings. The molecular formula is C8H12N4O2S. The van der Waals surface area contributed by atoms with Crippen molar-refractivity contribution in [1.29, 1.82) is 0 Å². The van der Waals surface area contributed by atoms with Crippen LogP contribution in [0.4, 0.5) is 5.69 Å². The summed E-state index contributed by atoms with van der Waals surface area (Å²) in [5.41, 5.74) is 16.7. The summed E-state index contributed by atoms with van der Waals surface area (Å²) < 4.78 is 26.2. The third kappa shape index (κ3) is 2.59. The predicted octanol–water partition coefficient (Wildman–Crippen LogP) is -0.461. The predicted molar refractivity (Wildman–Crippen MR) is 58.6 cm³/mol. The van der Waals surface area contributed by atoms with E-state index < -0.39 is 16.0 Å². The molecule has 1 rings (SSSR count). The van der Waals surface area contributed by atoms with Crippen LogP contribution in [0.3, 0.4) is 0 Å². The van der Waals surface area contributed by atoms with Gasteiger partial charge in [0.2, 0.25) is 5.96 Å². The Morgan fingerprint density at radius 1 is 1.33 bits per heavy atom. The van der Waals surface area contributed by atoms with Gasteiger partial charge in [0.15, 0.2) is 0 Å². The standard InChI is InChI=1S/C8H12N4O2S/c1-5-4-6(2-3-7(5)9)15(13,14)12-8(10)11/h2-4H,9H2,1H3,(H4,10,11,12). The lowest BCUT2D eigenvalue weighted by Crippen LogP contribution is -2.24. The van der Waals surface area contributed by atoms with E-state index in [1.54, 1.807) is 6.92 Å². The number of benzene rings is 1. The highest BCUT2D eigenvalue weighted by atomic mass is 32.2. The second-order valence-corrected chi connectivity index (χ2v) is 4.61. The number of hydrogen-bond acceptors (Lipinski definition) is 3. The number of guanidine groups is 1. The van der Waals surface area contributed by atoms with Gasteiger partial charge < -0.3 is 17.2 Å². The first kappa shape index (κ1) is 11.3. The number of nitrogen functional groups attached to an aromatic ring is 1. The highest BCUT2D eigenvalue weighted by molar-refractivity contribution is 7.90. The van der Waals surface area contributed by atoms with Crippen molar-refractivity contribution in [3.8, 4) is 0 Å². The molecule has 0 spiro atoms. The van der Waals surface area contributed by atoms with Crippen LogP contribution in [0.2, 0.25) is 0 Å². The molecule has 0 unspecified atom stereocenters. The maximum Gasteiger partial charge on any atom is 0.285 e. The van der Waals surface area contributed by atoms with Crippen molar-refractivity contribution < 1.29 is 8.42 Å². The fourth-order valence-corrected chi connectivity index (χ4v) is 1.95. The average Bonchev–Trinajstić information content (AvgIpc) is 2.07. The molecule has 15 heavy (non-hydrogen) atoms. The van der Waals surface area contributed by atoms with Crippen molar-refractivity contribution in [3.63, 3.8) is 0 Å². The highest BCUT2D eigenvalue weighted by Crippen LogP contribution is 2.18. The molecule has 7 heteroatoms. The van der Waals surface area contributed by atoms with E-state index in [0.29, 0.717) is 11.3 Å². The molecule has 0 aliphatic rings. The van der Waals surface area contributed by atoms with Gasteiger partial charge in [-0.3, -0.25) is 0 Å². The molecule has 0 aromatic heterocycles. The number of nitrogens with two attached hydrogens (primary N) is 3. The third-order valence-electron chi connectivity index (χ3n) is 1.76. The summed E-state index contributed by atoms with van der Waals surface area (Å²) in [6.07, 6.45) is 0. The summed E-state index contributed by atoms with van der Waals surface area (Å²) in [7, 11) is -3.82. The fraction of sp³-hybridized carbons (Fsp3) is 0.125. The first-order chi connectivity index (χ1) is 6.83. The first-order valence-corrected chi connectivity index (χ1v) is 5.49. The van der Waals surface area contributed by atoms with E-state index in [9.17, 15) is 8.42 Å². The Morgan fingerprint density at radius 2 is 1.93 bits per heavy atom. The number of sulfonamides is 1. The van der Waals surface area contributed by atoms with E-state index in [1.807, 2.05) is 0 Å². The lowest BCUT2D eigenvalue weighted by atomic mass is 10.2. The van der Waals surface area contributed by atoms with E-state index >= 15 is 0 Å². The van der Waals surface area contributed by atoms with Gasteiger partial charge in [-0.1, -0.05) is 0 Å². The molecule has 0 aliphatic heterocycles. The van der Waals surface area contributed by atoms with Gasteiger partial charge in [0, 0.05) is 5.69 Å². The molecule has 82 valence electrons. The van der Waals surface area contributed by atoms with Gasteiger partial charge in [-0.15, -0.1) is 4.40 Å². The minimum Gasteiger partial charge on any atom is -0.399 e. The Hall–Kier alpha value is -1.76. The van der Waals surface area contributed by atoms with E-state index in [0.717, 1.165) is 0 Å². The summed E-state index contributed by atoms with van der Waals surface area (Å²) in [4.78, 5) is 0.0163. The van der Waals surface area contributed by atoms with Crippen molar-refractivity contribution in [2.45, 2.75) is 11.8 Å². The fourth-order valence-electron chi connectivity index (χ4n) is 1.00. The minimum absolute atomic E-state index is 0.0163. The smallest absolute Gasteiger partial charge is 0.285 e. The Bertz CT molecular complexity index is 503. The molecular weight excluding hydrogens is 216 g/mol. The molecule has 0 heterocycles. The second kappa shape index (κ2) is 3.77. The lowest BCUT2D eigenvalue weighted by Gasteiger charge is -2.03. The first-order valence-electron chi connectivity index (χ1n) is 4.05. The molecule has 0 aliphatic carbocycles. The molecule has 0 atom stereocenters. The summed E-state index contributed by atoms with van der Waals surface area (Å²) in [6.45, 7) is 1.70. The Balaban J connectivity index is 3.29. The average molecular weight is 228 g/mol. The molecule has 6 nitrogen and oxygen atoms in total. The normalized spacial score (nSPS) is 11.0. The van der Waals surface area contributed by atoms with Gasteiger partial charge in [-0.25, -0.2) is 0 Å². The Kier molecular flexibility index (Phi) is 2.85. The zero-order valence-electron chi connectivity index (χ0n) is 8.14. The summed E-state index contributed by atoms with van der Waals surface area (Å²) in [6, 6.07) is 4.26. The summed E-state index contributed by atoms with van der Waals surface area (Å²) >= 11 is 0. The van der Waals surface area contributed by atoms with Gasteiger partial charge in [0.1, 0.15) is 0 Å². The van der Waals surface area contributed by atoms with Crippen LogP contribution >= 0.6 is 0 Å². The van der Waals surface area contributed by atoms with Crippen LogP contribution in [0.1, 0.15) is 5.56 Å². The van der Waals surface area contributed by atoms with E-state index in [4.69, 9.17) is 17.2 Å². The van der Waals surface area contributed by atoms with Gasteiger partial charge in [-0.05, 0) is 30.7 Å². The van der Waals surface area contributed by atoms with Crippen molar-refractivity contribution in [2.24, 2.45) is 15.9 Å². The largest absolute Gasteiger partial charge is 0.399 e. The van der Waals surface area contributed by atoms with E-state index in [-0.39, 0.29) is 4.90 Å². The van der Waals surface area contributed by atoms with Gasteiger partial charge in [-0.2, -0.15) is 8.42 Å². The number of nitrogens with zero attached hydrogens (tertiary/aromatic N) is 1. The van der Waals surface area contributed by atoms with Crippen molar-refractivity contribution in [3.05, 3.63) is 23.8 Å². The quantitative estimate of drug-likeness (QED) is 0.359. The molecule has 0 amide bonds. The molecule has 0 bridgehead atoms. The third-order valence-corrected chi connectivity index (χ3v) is 3.07. The van der Waals surface area contributed by atoms with Crippen LogP contribution in [0.25, 0.3) is 0 Å². The molecule has 0 radical (unpaired) electrons. The number of anilines is 1. The van der Waals surface area contributed by atoms with Crippen molar-refractivity contribution in [1.82, 2.24) is 0 Å². The monoisotopic (exact) mass is 228 g/mol. The van der Waals surface area contributed by atoms with Gasteiger partial charge in [0.25, 0.3) is 10.0 Å². The highest BCUT2D eigenvalue weighted by Gasteiger charge is 2.13. The second-order valence-electron chi connectivity index (χ2n) is 3.01.